The Morgan fingerprint density at radius 2 is 1.78 bits per heavy atom. The van der Waals surface area contributed by atoms with Crippen LogP contribution in [0.15, 0.2) is 48.5 Å². The second-order valence-corrected chi connectivity index (χ2v) is 6.75. The molecule has 2 aromatic carbocycles. The second kappa shape index (κ2) is 7.70. The molecule has 3 rings (SSSR count). The van der Waals surface area contributed by atoms with E-state index in [2.05, 4.69) is 5.32 Å². The molecule has 1 aliphatic carbocycles. The minimum Gasteiger partial charge on any atom is -0.497 e. The molecular weight excluding hydrogens is 344 g/mol. The summed E-state index contributed by atoms with van der Waals surface area (Å²) in [4.78, 5) is 27.4. The summed E-state index contributed by atoms with van der Waals surface area (Å²) >= 11 is 0. The minimum absolute atomic E-state index is 0.156. The van der Waals surface area contributed by atoms with E-state index in [0.717, 1.165) is 5.56 Å². The van der Waals surface area contributed by atoms with Crippen molar-refractivity contribution in [1.82, 2.24) is 4.90 Å². The number of benzene rings is 2. The third kappa shape index (κ3) is 3.89. The summed E-state index contributed by atoms with van der Waals surface area (Å²) < 4.78 is 10.5. The molecule has 0 aliphatic heterocycles. The predicted octanol–water partition coefficient (Wildman–Crippen LogP) is 3.08. The average Bonchev–Trinajstić information content (AvgIpc) is 3.50. The van der Waals surface area contributed by atoms with Crippen molar-refractivity contribution >= 4 is 17.5 Å². The number of nitrogens with zero attached hydrogens (tertiary/aromatic N) is 1. The van der Waals surface area contributed by atoms with Gasteiger partial charge >= 0.3 is 0 Å². The summed E-state index contributed by atoms with van der Waals surface area (Å²) in [5.74, 6) is 0.667. The normalized spacial score (nSPS) is 14.2. The Morgan fingerprint density at radius 3 is 2.37 bits per heavy atom. The number of hydrogen-bond donors (Lipinski definition) is 1. The van der Waals surface area contributed by atoms with E-state index < -0.39 is 5.41 Å². The molecule has 1 fully saturated rings. The fraction of sp³-hybridized carbons (Fsp3) is 0.333. The van der Waals surface area contributed by atoms with Crippen LogP contribution in [0.25, 0.3) is 0 Å². The lowest BCUT2D eigenvalue weighted by Crippen LogP contribution is -2.40. The Bertz CT molecular complexity index is 831. The summed E-state index contributed by atoms with van der Waals surface area (Å²) in [5, 5.41) is 2.85. The summed E-state index contributed by atoms with van der Waals surface area (Å²) in [7, 11) is 4.82. The van der Waals surface area contributed by atoms with Crippen molar-refractivity contribution in [2.75, 3.05) is 26.6 Å². The summed E-state index contributed by atoms with van der Waals surface area (Å²) in [6.45, 7) is 0.473. The first kappa shape index (κ1) is 18.8. The molecule has 0 heterocycles. The van der Waals surface area contributed by atoms with E-state index in [1.807, 2.05) is 30.3 Å². The van der Waals surface area contributed by atoms with Crippen LogP contribution in [0.3, 0.4) is 0 Å². The van der Waals surface area contributed by atoms with Gasteiger partial charge in [0.2, 0.25) is 11.8 Å². The van der Waals surface area contributed by atoms with Gasteiger partial charge in [0.05, 0.1) is 19.9 Å². The fourth-order valence-electron chi connectivity index (χ4n) is 3.10. The van der Waals surface area contributed by atoms with Crippen molar-refractivity contribution in [3.8, 4) is 11.5 Å². The molecule has 0 saturated heterocycles. The number of carbonyl (C=O) groups is 2. The van der Waals surface area contributed by atoms with E-state index in [1.54, 1.807) is 37.3 Å². The third-order valence-corrected chi connectivity index (χ3v) is 4.86. The van der Waals surface area contributed by atoms with E-state index in [4.69, 9.17) is 9.47 Å². The van der Waals surface area contributed by atoms with Gasteiger partial charge in [0.15, 0.2) is 0 Å². The van der Waals surface area contributed by atoms with Gasteiger partial charge in [0.25, 0.3) is 0 Å². The van der Waals surface area contributed by atoms with E-state index >= 15 is 0 Å². The number of carbonyl (C=O) groups excluding carboxylic acids is 2. The van der Waals surface area contributed by atoms with Crippen LogP contribution in [0.5, 0.6) is 11.5 Å². The molecule has 142 valence electrons. The van der Waals surface area contributed by atoms with Gasteiger partial charge in [0.1, 0.15) is 16.9 Å². The maximum Gasteiger partial charge on any atom is 0.240 e. The lowest BCUT2D eigenvalue weighted by molar-refractivity contribution is -0.141. The number of amides is 2. The first-order valence-corrected chi connectivity index (χ1v) is 8.83. The Balaban J connectivity index is 1.71. The highest BCUT2D eigenvalue weighted by atomic mass is 16.5. The molecule has 2 amide bonds. The Hall–Kier alpha value is -3.02. The summed E-state index contributed by atoms with van der Waals surface area (Å²) in [6, 6.07) is 14.9. The van der Waals surface area contributed by atoms with Crippen LogP contribution in [0.4, 0.5) is 5.69 Å². The van der Waals surface area contributed by atoms with Crippen molar-refractivity contribution < 1.29 is 19.1 Å². The van der Waals surface area contributed by atoms with Crippen LogP contribution in [-0.4, -0.2) is 38.0 Å². The zero-order chi connectivity index (χ0) is 19.4. The molecule has 1 saturated carbocycles. The third-order valence-electron chi connectivity index (χ3n) is 4.86. The summed E-state index contributed by atoms with van der Waals surface area (Å²) in [6.07, 6.45) is 1.10. The van der Waals surface area contributed by atoms with E-state index in [-0.39, 0.29) is 11.8 Å². The van der Waals surface area contributed by atoms with Gasteiger partial charge in [-0.2, -0.15) is 0 Å². The SMILES string of the molecule is COc1ccc(NC(=O)C2(C(=O)N(C)Cc3ccccc3)CC2)c(OC)c1. The topological polar surface area (TPSA) is 67.9 Å². The molecule has 2 aromatic rings. The average molecular weight is 368 g/mol. The highest BCUT2D eigenvalue weighted by Crippen LogP contribution is 2.48. The monoisotopic (exact) mass is 368 g/mol. The van der Waals surface area contributed by atoms with Gasteiger partial charge < -0.3 is 19.7 Å². The van der Waals surface area contributed by atoms with Gasteiger partial charge in [-0.1, -0.05) is 30.3 Å². The van der Waals surface area contributed by atoms with Gasteiger partial charge in [-0.3, -0.25) is 9.59 Å². The maximum atomic E-state index is 12.9. The molecular formula is C21H24N2O4. The molecule has 6 heteroatoms. The number of ether oxygens (including phenoxy) is 2. The zero-order valence-electron chi connectivity index (χ0n) is 15.8. The van der Waals surface area contributed by atoms with Crippen LogP contribution < -0.4 is 14.8 Å². The quantitative estimate of drug-likeness (QED) is 0.763. The molecule has 1 N–H and O–H groups in total. The van der Waals surface area contributed by atoms with Crippen molar-refractivity contribution in [1.29, 1.82) is 0 Å². The molecule has 27 heavy (non-hydrogen) atoms. The number of rotatable bonds is 7. The Labute approximate surface area is 159 Å². The number of methoxy groups -OCH3 is 2. The Kier molecular flexibility index (Phi) is 5.35. The maximum absolute atomic E-state index is 12.9. The van der Waals surface area contributed by atoms with Crippen LogP contribution in [0.1, 0.15) is 18.4 Å². The molecule has 0 spiro atoms. The highest BCUT2D eigenvalue weighted by molar-refractivity contribution is 6.13. The van der Waals surface area contributed by atoms with E-state index in [9.17, 15) is 9.59 Å². The van der Waals surface area contributed by atoms with Crippen molar-refractivity contribution in [3.63, 3.8) is 0 Å². The zero-order valence-corrected chi connectivity index (χ0v) is 15.8. The van der Waals surface area contributed by atoms with E-state index in [0.29, 0.717) is 36.6 Å². The van der Waals surface area contributed by atoms with Gasteiger partial charge in [0, 0.05) is 19.7 Å². The molecule has 0 unspecified atom stereocenters. The standard InChI is InChI=1S/C21H24N2O4/c1-23(14-15-7-5-4-6-8-15)20(25)21(11-12-21)19(24)22-17-10-9-16(26-2)13-18(17)27-3/h4-10,13H,11-12,14H2,1-3H3,(H,22,24). The minimum atomic E-state index is -0.992. The smallest absolute Gasteiger partial charge is 0.240 e. The van der Waals surface area contributed by atoms with Gasteiger partial charge in [-0.05, 0) is 30.5 Å². The second-order valence-electron chi connectivity index (χ2n) is 6.75. The number of hydrogen-bond acceptors (Lipinski definition) is 4. The lowest BCUT2D eigenvalue weighted by Gasteiger charge is -2.23. The molecule has 0 radical (unpaired) electrons. The van der Waals surface area contributed by atoms with Crippen LogP contribution in [0.2, 0.25) is 0 Å². The van der Waals surface area contributed by atoms with Crippen molar-refractivity contribution in [3.05, 3.63) is 54.1 Å². The predicted molar refractivity (Wildman–Crippen MR) is 103 cm³/mol. The van der Waals surface area contributed by atoms with Crippen molar-refractivity contribution in [2.24, 2.45) is 5.41 Å². The van der Waals surface area contributed by atoms with Gasteiger partial charge in [-0.25, -0.2) is 0 Å². The number of nitrogens with one attached hydrogen (secondary N) is 1. The molecule has 0 bridgehead atoms. The molecule has 1 aliphatic rings. The van der Waals surface area contributed by atoms with Crippen LogP contribution in [0, 0.1) is 5.41 Å². The highest BCUT2D eigenvalue weighted by Gasteiger charge is 2.57. The Morgan fingerprint density at radius 1 is 1.07 bits per heavy atom. The lowest BCUT2D eigenvalue weighted by atomic mass is 10.0. The molecule has 0 aromatic heterocycles. The number of anilines is 1. The van der Waals surface area contributed by atoms with Gasteiger partial charge in [-0.15, -0.1) is 0 Å². The molecule has 6 nitrogen and oxygen atoms in total. The van der Waals surface area contributed by atoms with E-state index in [1.165, 1.54) is 7.11 Å². The van der Waals surface area contributed by atoms with Crippen LogP contribution >= 0.6 is 0 Å². The van der Waals surface area contributed by atoms with Crippen molar-refractivity contribution in [2.45, 2.75) is 19.4 Å². The van der Waals surface area contributed by atoms with Crippen LogP contribution in [-0.2, 0) is 16.1 Å². The summed E-state index contributed by atoms with van der Waals surface area (Å²) in [5.41, 5.74) is 0.559. The molecule has 0 atom stereocenters. The largest absolute Gasteiger partial charge is 0.497 e. The first-order chi connectivity index (χ1) is 13.0. The fourth-order valence-corrected chi connectivity index (χ4v) is 3.10. The first-order valence-electron chi connectivity index (χ1n) is 8.83.